The van der Waals surface area contributed by atoms with Gasteiger partial charge < -0.3 is 19.8 Å². The van der Waals surface area contributed by atoms with Gasteiger partial charge in [0.15, 0.2) is 0 Å². The fourth-order valence-corrected chi connectivity index (χ4v) is 8.93. The second-order valence-electron chi connectivity index (χ2n) is 20.3. The molecule has 9 heteroatoms. The molecule has 0 aromatic rings. The summed E-state index contributed by atoms with van der Waals surface area (Å²) in [4.78, 5) is 23.1. The molecule has 3 unspecified atom stereocenters. The second kappa shape index (κ2) is 47.8. The summed E-state index contributed by atoms with van der Waals surface area (Å²) in [6, 6.07) is -0.866. The molecule has 0 aromatic carbocycles. The van der Waals surface area contributed by atoms with Gasteiger partial charge in [0, 0.05) is 6.42 Å². The average molecular weight is 938 g/mol. The zero-order valence-corrected chi connectivity index (χ0v) is 44.6. The van der Waals surface area contributed by atoms with Crippen LogP contribution in [0.3, 0.4) is 0 Å². The number of unbranched alkanes of at least 4 members (excludes halogenated alkanes) is 34. The van der Waals surface area contributed by atoms with E-state index in [0.717, 1.165) is 44.9 Å². The third-order valence-electron chi connectivity index (χ3n) is 12.6. The first-order chi connectivity index (χ1) is 31.5. The molecule has 0 aliphatic rings. The molecule has 0 aliphatic carbocycles. The van der Waals surface area contributed by atoms with Gasteiger partial charge in [-0.15, -0.1) is 0 Å². The minimum atomic E-state index is -4.35. The number of likely N-dealkylation sites (N-methyl/N-ethyl adjacent to an activating group) is 1. The van der Waals surface area contributed by atoms with Crippen LogP contribution in [0, 0.1) is 0 Å². The maximum absolute atomic E-state index is 12.9. The van der Waals surface area contributed by atoms with Gasteiger partial charge in [-0.3, -0.25) is 13.8 Å². The molecule has 0 bridgehead atoms. The number of aliphatic hydroxyl groups excluding tert-OH is 1. The number of carbonyl (C=O) groups excluding carboxylic acids is 1. The van der Waals surface area contributed by atoms with E-state index in [0.29, 0.717) is 17.4 Å². The van der Waals surface area contributed by atoms with E-state index in [1.807, 2.05) is 27.2 Å². The number of nitrogens with zero attached hydrogens (tertiary/aromatic N) is 1. The highest BCUT2D eigenvalue weighted by Crippen LogP contribution is 2.43. The fraction of sp³-hybridized carbons (Fsp3) is 0.875. The molecule has 0 radical (unpaired) electrons. The molecular weight excluding hydrogens is 828 g/mol. The Morgan fingerprint density at radius 3 is 1.23 bits per heavy atom. The van der Waals surface area contributed by atoms with Crippen LogP contribution in [0.4, 0.5) is 0 Å². The number of amides is 1. The third kappa shape index (κ3) is 50.4. The molecule has 8 nitrogen and oxygen atoms in total. The number of hydrogen-bond donors (Lipinski definition) is 3. The zero-order chi connectivity index (χ0) is 47.8. The predicted molar refractivity (Wildman–Crippen MR) is 281 cm³/mol. The van der Waals surface area contributed by atoms with E-state index in [-0.39, 0.29) is 19.1 Å². The van der Waals surface area contributed by atoms with E-state index < -0.39 is 20.0 Å². The summed E-state index contributed by atoms with van der Waals surface area (Å²) in [5, 5.41) is 13.8. The number of nitrogens with one attached hydrogen (secondary N) is 1. The lowest BCUT2D eigenvalue weighted by Crippen LogP contribution is -2.45. The summed E-state index contributed by atoms with van der Waals surface area (Å²) in [6.45, 7) is 4.79. The Bertz CT molecular complexity index is 1150. The van der Waals surface area contributed by atoms with Crippen LogP contribution in [0.5, 0.6) is 0 Å². The lowest BCUT2D eigenvalue weighted by molar-refractivity contribution is -0.870. The summed E-state index contributed by atoms with van der Waals surface area (Å²) in [7, 11) is 1.55. The predicted octanol–water partition coefficient (Wildman–Crippen LogP) is 16.6. The number of aliphatic hydroxyl groups is 1. The zero-order valence-electron chi connectivity index (χ0n) is 43.7. The summed E-state index contributed by atoms with van der Waals surface area (Å²) in [5.41, 5.74) is 0. The number of phosphoric acid groups is 1. The number of quaternary nitrogens is 1. The normalized spacial score (nSPS) is 14.3. The van der Waals surface area contributed by atoms with Crippen LogP contribution in [-0.2, 0) is 18.4 Å². The van der Waals surface area contributed by atoms with Crippen LogP contribution >= 0.6 is 7.82 Å². The maximum atomic E-state index is 12.9. The lowest BCUT2D eigenvalue weighted by Gasteiger charge is -2.25. The Balaban J connectivity index is 4.12. The van der Waals surface area contributed by atoms with Crippen LogP contribution in [0.2, 0.25) is 0 Å². The number of allylic oxidation sites excluding steroid dienone is 5. The molecule has 0 aliphatic heterocycles. The first-order valence-electron chi connectivity index (χ1n) is 27.9. The van der Waals surface area contributed by atoms with Crippen molar-refractivity contribution in [3.05, 3.63) is 36.5 Å². The van der Waals surface area contributed by atoms with Gasteiger partial charge in [0.1, 0.15) is 13.2 Å². The van der Waals surface area contributed by atoms with E-state index >= 15 is 0 Å². The van der Waals surface area contributed by atoms with E-state index in [4.69, 9.17) is 9.05 Å². The van der Waals surface area contributed by atoms with Crippen LogP contribution in [0.1, 0.15) is 264 Å². The van der Waals surface area contributed by atoms with Crippen molar-refractivity contribution < 1.29 is 32.9 Å². The summed E-state index contributed by atoms with van der Waals surface area (Å²) >= 11 is 0. The van der Waals surface area contributed by atoms with Crippen molar-refractivity contribution in [3.8, 4) is 0 Å². The molecule has 0 aromatic heterocycles. The molecule has 3 atom stereocenters. The smallest absolute Gasteiger partial charge is 0.387 e. The van der Waals surface area contributed by atoms with Crippen molar-refractivity contribution in [3.63, 3.8) is 0 Å². The van der Waals surface area contributed by atoms with E-state index in [1.54, 1.807) is 6.08 Å². The van der Waals surface area contributed by atoms with Gasteiger partial charge in [-0.1, -0.05) is 249 Å². The van der Waals surface area contributed by atoms with Gasteiger partial charge in [0.2, 0.25) is 5.91 Å². The highest BCUT2D eigenvalue weighted by atomic mass is 31.2. The van der Waals surface area contributed by atoms with Gasteiger partial charge in [-0.05, 0) is 44.9 Å². The van der Waals surface area contributed by atoms with Crippen LogP contribution in [0.25, 0.3) is 0 Å². The molecule has 0 fully saturated rings. The minimum Gasteiger partial charge on any atom is -0.387 e. The van der Waals surface area contributed by atoms with Crippen LogP contribution in [0.15, 0.2) is 36.5 Å². The van der Waals surface area contributed by atoms with Gasteiger partial charge in [-0.25, -0.2) is 4.57 Å². The van der Waals surface area contributed by atoms with Crippen molar-refractivity contribution in [2.75, 3.05) is 40.9 Å². The highest BCUT2D eigenvalue weighted by molar-refractivity contribution is 7.47. The Morgan fingerprint density at radius 1 is 0.508 bits per heavy atom. The first-order valence-corrected chi connectivity index (χ1v) is 29.4. The second-order valence-corrected chi connectivity index (χ2v) is 21.8. The van der Waals surface area contributed by atoms with Crippen molar-refractivity contribution in [2.24, 2.45) is 0 Å². The standard InChI is InChI=1S/C56H109N2O6P/c1-6-8-10-12-14-16-18-19-20-21-22-23-24-25-26-27-28-29-30-31-32-33-34-35-36-37-38-40-41-43-45-47-49-55(59)54(53-64-65(61,62)63-52-51-58(3,4)5)57-56(60)50-48-46-44-42-39-17-15-13-11-9-7-2/h35-36,40-41,47,49,54-55,59H,6-34,37-39,42-46,48,50-53H2,1-5H3,(H-,57,60,61,62)/p+1/b36-35+,41-40+,49-47+. The largest absolute Gasteiger partial charge is 0.472 e. The van der Waals surface area contributed by atoms with Crippen LogP contribution in [-0.4, -0.2) is 73.4 Å². The van der Waals surface area contributed by atoms with Crippen molar-refractivity contribution in [2.45, 2.75) is 276 Å². The first kappa shape index (κ1) is 63.7. The van der Waals surface area contributed by atoms with Gasteiger partial charge in [0.05, 0.1) is 39.9 Å². The van der Waals surface area contributed by atoms with Gasteiger partial charge in [-0.2, -0.15) is 0 Å². The third-order valence-corrected chi connectivity index (χ3v) is 13.6. The van der Waals surface area contributed by atoms with Gasteiger partial charge in [0.25, 0.3) is 0 Å². The molecule has 1 amide bonds. The molecule has 0 rings (SSSR count). The summed E-state index contributed by atoms with van der Waals surface area (Å²) < 4.78 is 23.6. The monoisotopic (exact) mass is 938 g/mol. The average Bonchev–Trinajstić information content (AvgIpc) is 3.26. The van der Waals surface area contributed by atoms with Crippen molar-refractivity contribution in [1.29, 1.82) is 0 Å². The van der Waals surface area contributed by atoms with E-state index in [9.17, 15) is 19.4 Å². The number of phosphoric ester groups is 1. The minimum absolute atomic E-state index is 0.0547. The summed E-state index contributed by atoms with van der Waals surface area (Å²) in [5.74, 6) is -0.191. The molecule has 0 saturated carbocycles. The Morgan fingerprint density at radius 2 is 0.846 bits per heavy atom. The topological polar surface area (TPSA) is 105 Å². The molecule has 3 N–H and O–H groups in total. The number of carbonyl (C=O) groups is 1. The Kier molecular flexibility index (Phi) is 46.8. The lowest BCUT2D eigenvalue weighted by atomic mass is 10.0. The highest BCUT2D eigenvalue weighted by Gasteiger charge is 2.27. The summed E-state index contributed by atoms with van der Waals surface area (Å²) in [6.07, 6.45) is 61.3. The quantitative estimate of drug-likeness (QED) is 0.0243. The van der Waals surface area contributed by atoms with E-state index in [1.165, 1.54) is 199 Å². The molecule has 0 heterocycles. The van der Waals surface area contributed by atoms with Crippen molar-refractivity contribution in [1.82, 2.24) is 5.32 Å². The number of hydrogen-bond acceptors (Lipinski definition) is 5. The van der Waals surface area contributed by atoms with Crippen molar-refractivity contribution >= 4 is 13.7 Å². The van der Waals surface area contributed by atoms with Crippen LogP contribution < -0.4 is 5.32 Å². The molecule has 65 heavy (non-hydrogen) atoms. The van der Waals surface area contributed by atoms with E-state index in [2.05, 4.69) is 43.5 Å². The van der Waals surface area contributed by atoms with Gasteiger partial charge >= 0.3 is 7.82 Å². The fourth-order valence-electron chi connectivity index (χ4n) is 8.19. The molecule has 384 valence electrons. The maximum Gasteiger partial charge on any atom is 0.472 e. The molecule has 0 saturated heterocycles. The molecular formula is C56H110N2O6P+. The SMILES string of the molecule is CCCCCCCCCCCCCCCCCCCCCCCC/C=C/CC/C=C/CC/C=C/C(O)C(COP(=O)(O)OCC[N+](C)(C)C)NC(=O)CCCCCCCCCCCCC. The number of rotatable bonds is 51. The Labute approximate surface area is 404 Å². The Hall–Kier alpha value is -1.28. The molecule has 0 spiro atoms.